The summed E-state index contributed by atoms with van der Waals surface area (Å²) in [6.45, 7) is 2.06. The van der Waals surface area contributed by atoms with Gasteiger partial charge in [0.1, 0.15) is 11.9 Å². The van der Waals surface area contributed by atoms with Gasteiger partial charge in [-0.15, -0.1) is 0 Å². The Hall–Kier alpha value is -2.30. The molecule has 0 fully saturated rings. The molecule has 0 aliphatic rings. The van der Waals surface area contributed by atoms with E-state index >= 15 is 0 Å². The fourth-order valence-corrected chi connectivity index (χ4v) is 2.42. The van der Waals surface area contributed by atoms with Crippen molar-refractivity contribution < 1.29 is 9.52 Å². The lowest BCUT2D eigenvalue weighted by Gasteiger charge is -2.08. The standard InChI is InChI=1S/C18H20N2O2/c21-17(18-7-4-10-22-18)12-19-11-16-8-9-20(14-16)13-15-5-2-1-3-6-15/h1-10,14,17,19,21H,11-13H2. The van der Waals surface area contributed by atoms with Gasteiger partial charge in [-0.3, -0.25) is 0 Å². The molecule has 0 spiro atoms. The number of hydrogen-bond donors (Lipinski definition) is 2. The third-order valence-corrected chi connectivity index (χ3v) is 3.56. The fourth-order valence-electron chi connectivity index (χ4n) is 2.42. The Morgan fingerprint density at radius 3 is 2.68 bits per heavy atom. The molecule has 4 nitrogen and oxygen atoms in total. The van der Waals surface area contributed by atoms with E-state index in [1.54, 1.807) is 18.4 Å². The van der Waals surface area contributed by atoms with Crippen molar-refractivity contribution in [3.8, 4) is 0 Å². The lowest BCUT2D eigenvalue weighted by atomic mass is 10.2. The molecule has 0 aliphatic carbocycles. The third-order valence-electron chi connectivity index (χ3n) is 3.56. The van der Waals surface area contributed by atoms with Crippen LogP contribution in [0.4, 0.5) is 0 Å². The summed E-state index contributed by atoms with van der Waals surface area (Å²) in [5.74, 6) is 0.592. The summed E-state index contributed by atoms with van der Waals surface area (Å²) in [5.41, 5.74) is 2.48. The van der Waals surface area contributed by atoms with Gasteiger partial charge < -0.3 is 19.4 Å². The van der Waals surface area contributed by atoms with Crippen LogP contribution in [0.3, 0.4) is 0 Å². The zero-order valence-corrected chi connectivity index (χ0v) is 12.4. The number of hydrogen-bond acceptors (Lipinski definition) is 3. The molecule has 0 saturated heterocycles. The van der Waals surface area contributed by atoms with E-state index < -0.39 is 6.10 Å². The first-order valence-corrected chi connectivity index (χ1v) is 7.42. The van der Waals surface area contributed by atoms with Gasteiger partial charge in [0.25, 0.3) is 0 Å². The van der Waals surface area contributed by atoms with Crippen LogP contribution in [0.5, 0.6) is 0 Å². The molecule has 2 heterocycles. The van der Waals surface area contributed by atoms with E-state index in [9.17, 15) is 5.11 Å². The monoisotopic (exact) mass is 296 g/mol. The Labute approximate surface area is 130 Å². The van der Waals surface area contributed by atoms with Crippen LogP contribution in [0.15, 0.2) is 71.6 Å². The van der Waals surface area contributed by atoms with Crippen LogP contribution in [-0.4, -0.2) is 16.2 Å². The van der Waals surface area contributed by atoms with Crippen molar-refractivity contribution >= 4 is 0 Å². The minimum Gasteiger partial charge on any atom is -0.467 e. The third kappa shape index (κ3) is 3.87. The van der Waals surface area contributed by atoms with Gasteiger partial charge in [-0.05, 0) is 29.3 Å². The Kier molecular flexibility index (Phi) is 4.73. The molecule has 1 atom stereocenters. The predicted molar refractivity (Wildman–Crippen MR) is 85.4 cm³/mol. The van der Waals surface area contributed by atoms with Crippen molar-refractivity contribution in [3.63, 3.8) is 0 Å². The Balaban J connectivity index is 1.48. The van der Waals surface area contributed by atoms with Crippen molar-refractivity contribution in [1.29, 1.82) is 0 Å². The molecule has 0 bridgehead atoms. The van der Waals surface area contributed by atoms with E-state index in [0.717, 1.165) is 13.1 Å². The van der Waals surface area contributed by atoms with Crippen LogP contribution in [0.1, 0.15) is 23.0 Å². The van der Waals surface area contributed by atoms with Gasteiger partial charge in [0.2, 0.25) is 0 Å². The summed E-state index contributed by atoms with van der Waals surface area (Å²) in [4.78, 5) is 0. The molecule has 4 heteroatoms. The first kappa shape index (κ1) is 14.6. The number of aromatic nitrogens is 1. The summed E-state index contributed by atoms with van der Waals surface area (Å²) in [5, 5.41) is 13.2. The maximum absolute atomic E-state index is 9.93. The first-order chi connectivity index (χ1) is 10.8. The second kappa shape index (κ2) is 7.11. The summed E-state index contributed by atoms with van der Waals surface area (Å²) < 4.78 is 7.34. The lowest BCUT2D eigenvalue weighted by molar-refractivity contribution is 0.147. The highest BCUT2D eigenvalue weighted by atomic mass is 16.4. The highest BCUT2D eigenvalue weighted by Gasteiger charge is 2.09. The Morgan fingerprint density at radius 1 is 1.05 bits per heavy atom. The van der Waals surface area contributed by atoms with Crippen LogP contribution < -0.4 is 5.32 Å². The van der Waals surface area contributed by atoms with Crippen molar-refractivity contribution in [1.82, 2.24) is 9.88 Å². The van der Waals surface area contributed by atoms with Crippen LogP contribution in [-0.2, 0) is 13.1 Å². The van der Waals surface area contributed by atoms with Crippen LogP contribution in [0.25, 0.3) is 0 Å². The van der Waals surface area contributed by atoms with Crippen LogP contribution in [0, 0.1) is 0 Å². The van der Waals surface area contributed by atoms with E-state index in [2.05, 4.69) is 52.6 Å². The van der Waals surface area contributed by atoms with Crippen molar-refractivity contribution in [3.05, 3.63) is 84.1 Å². The SMILES string of the molecule is OC(CNCc1ccn(Cc2ccccc2)c1)c1ccco1. The van der Waals surface area contributed by atoms with Crippen molar-refractivity contribution in [2.24, 2.45) is 0 Å². The van der Waals surface area contributed by atoms with Crippen LogP contribution >= 0.6 is 0 Å². The average molecular weight is 296 g/mol. The van der Waals surface area contributed by atoms with E-state index in [4.69, 9.17) is 4.42 Å². The summed E-state index contributed by atoms with van der Waals surface area (Å²) in [7, 11) is 0. The Bertz CT molecular complexity index is 674. The van der Waals surface area contributed by atoms with Gasteiger partial charge in [-0.1, -0.05) is 30.3 Å². The maximum Gasteiger partial charge on any atom is 0.133 e. The number of nitrogens with zero attached hydrogens (tertiary/aromatic N) is 1. The van der Waals surface area contributed by atoms with Gasteiger partial charge >= 0.3 is 0 Å². The lowest BCUT2D eigenvalue weighted by Crippen LogP contribution is -2.20. The van der Waals surface area contributed by atoms with Crippen LogP contribution in [0.2, 0.25) is 0 Å². The zero-order valence-electron chi connectivity index (χ0n) is 12.4. The summed E-state index contributed by atoms with van der Waals surface area (Å²) in [6.07, 6.45) is 5.16. The molecule has 114 valence electrons. The molecule has 0 aliphatic heterocycles. The zero-order chi connectivity index (χ0) is 15.2. The van der Waals surface area contributed by atoms with Gasteiger partial charge in [0, 0.05) is 32.0 Å². The molecular formula is C18H20N2O2. The molecule has 0 radical (unpaired) electrons. The molecule has 1 unspecified atom stereocenters. The second-order valence-electron chi connectivity index (χ2n) is 5.34. The topological polar surface area (TPSA) is 50.3 Å². The van der Waals surface area contributed by atoms with E-state index in [1.807, 2.05) is 6.07 Å². The van der Waals surface area contributed by atoms with E-state index in [-0.39, 0.29) is 0 Å². The molecule has 1 aromatic carbocycles. The molecule has 0 amide bonds. The average Bonchev–Trinajstić information content (AvgIpc) is 3.20. The minimum absolute atomic E-state index is 0.470. The highest BCUT2D eigenvalue weighted by Crippen LogP contribution is 2.12. The van der Waals surface area contributed by atoms with Gasteiger partial charge in [-0.25, -0.2) is 0 Å². The molecule has 2 aromatic heterocycles. The first-order valence-electron chi connectivity index (χ1n) is 7.42. The Morgan fingerprint density at radius 2 is 1.91 bits per heavy atom. The number of aliphatic hydroxyl groups is 1. The van der Waals surface area contributed by atoms with Crippen molar-refractivity contribution in [2.45, 2.75) is 19.2 Å². The fraction of sp³-hybridized carbons (Fsp3) is 0.222. The predicted octanol–water partition coefficient (Wildman–Crippen LogP) is 2.95. The number of furan rings is 1. The largest absolute Gasteiger partial charge is 0.467 e. The molecule has 3 aromatic rings. The number of aliphatic hydroxyl groups excluding tert-OH is 1. The maximum atomic E-state index is 9.93. The minimum atomic E-state index is -0.610. The van der Waals surface area contributed by atoms with Gasteiger partial charge in [-0.2, -0.15) is 0 Å². The number of rotatable bonds is 7. The second-order valence-corrected chi connectivity index (χ2v) is 5.34. The van der Waals surface area contributed by atoms with E-state index in [1.165, 1.54) is 11.1 Å². The molecule has 0 saturated carbocycles. The van der Waals surface area contributed by atoms with Gasteiger partial charge in [0.15, 0.2) is 0 Å². The molecule has 2 N–H and O–H groups in total. The quantitative estimate of drug-likeness (QED) is 0.705. The highest BCUT2D eigenvalue weighted by molar-refractivity contribution is 5.17. The number of nitrogens with one attached hydrogen (secondary N) is 1. The molecule has 22 heavy (non-hydrogen) atoms. The summed E-state index contributed by atoms with van der Waals surface area (Å²) >= 11 is 0. The van der Waals surface area contributed by atoms with E-state index in [0.29, 0.717) is 12.3 Å². The molecular weight excluding hydrogens is 276 g/mol. The van der Waals surface area contributed by atoms with Crippen molar-refractivity contribution in [2.75, 3.05) is 6.54 Å². The smallest absolute Gasteiger partial charge is 0.133 e. The number of benzene rings is 1. The molecule has 3 rings (SSSR count). The van der Waals surface area contributed by atoms with Gasteiger partial charge in [0.05, 0.1) is 6.26 Å². The normalized spacial score (nSPS) is 12.4. The summed E-state index contributed by atoms with van der Waals surface area (Å²) in [6, 6.07) is 16.0.